The van der Waals surface area contributed by atoms with Gasteiger partial charge in [0.1, 0.15) is 5.60 Å². The highest BCUT2D eigenvalue weighted by Gasteiger charge is 2.26. The number of rotatable bonds is 7. The van der Waals surface area contributed by atoms with Crippen molar-refractivity contribution < 1.29 is 19.0 Å². The molecule has 0 atom stereocenters. The molecule has 0 aromatic rings. The highest BCUT2D eigenvalue weighted by atomic mass is 16.6. The molecule has 0 radical (unpaired) electrons. The van der Waals surface area contributed by atoms with Crippen LogP contribution >= 0.6 is 0 Å². The van der Waals surface area contributed by atoms with E-state index in [9.17, 15) is 4.79 Å². The minimum absolute atomic E-state index is 0.210. The second-order valence-electron chi connectivity index (χ2n) is 6.29. The molecule has 0 unspecified atom stereocenters. The Labute approximate surface area is 127 Å². The molecular formula is C15H30N2O4. The van der Waals surface area contributed by atoms with Crippen LogP contribution in [0.2, 0.25) is 0 Å². The van der Waals surface area contributed by atoms with Crippen LogP contribution in [0.5, 0.6) is 0 Å². The van der Waals surface area contributed by atoms with E-state index in [1.165, 1.54) is 0 Å². The lowest BCUT2D eigenvalue weighted by atomic mass is 10.1. The minimum Gasteiger partial charge on any atom is -0.444 e. The number of carbonyl (C=O) groups is 1. The molecule has 0 bridgehead atoms. The van der Waals surface area contributed by atoms with Crippen LogP contribution in [-0.4, -0.2) is 62.2 Å². The molecular weight excluding hydrogens is 272 g/mol. The molecule has 0 saturated carbocycles. The molecule has 1 aliphatic rings. The standard InChI is InChI=1S/C15H30N2O4/c1-15(2,3)21-14(18)17-8-5-13(6-9-17)20-12-11-19-10-4-7-16/h13H,4-12,16H2,1-3H3. The zero-order valence-electron chi connectivity index (χ0n) is 13.6. The van der Waals surface area contributed by atoms with Gasteiger partial charge in [-0.3, -0.25) is 0 Å². The maximum atomic E-state index is 11.9. The van der Waals surface area contributed by atoms with Crippen LogP contribution in [0, 0.1) is 0 Å². The van der Waals surface area contributed by atoms with E-state index in [2.05, 4.69) is 0 Å². The molecule has 1 fully saturated rings. The third-order valence-electron chi connectivity index (χ3n) is 3.17. The Morgan fingerprint density at radius 3 is 2.43 bits per heavy atom. The molecule has 1 saturated heterocycles. The smallest absolute Gasteiger partial charge is 0.410 e. The van der Waals surface area contributed by atoms with E-state index >= 15 is 0 Å². The average Bonchev–Trinajstić information content (AvgIpc) is 2.41. The quantitative estimate of drug-likeness (QED) is 0.725. The van der Waals surface area contributed by atoms with Crippen LogP contribution in [0.25, 0.3) is 0 Å². The second kappa shape index (κ2) is 9.23. The lowest BCUT2D eigenvalue weighted by molar-refractivity contribution is -0.0293. The third-order valence-corrected chi connectivity index (χ3v) is 3.17. The van der Waals surface area contributed by atoms with Gasteiger partial charge in [0.2, 0.25) is 0 Å². The van der Waals surface area contributed by atoms with Crippen LogP contribution in [0.3, 0.4) is 0 Å². The summed E-state index contributed by atoms with van der Waals surface area (Å²) >= 11 is 0. The Morgan fingerprint density at radius 1 is 1.19 bits per heavy atom. The summed E-state index contributed by atoms with van der Waals surface area (Å²) in [4.78, 5) is 13.7. The molecule has 1 aliphatic heterocycles. The summed E-state index contributed by atoms with van der Waals surface area (Å²) in [6.07, 6.45) is 2.56. The Bertz CT molecular complexity index is 297. The maximum Gasteiger partial charge on any atom is 0.410 e. The third kappa shape index (κ3) is 8.24. The Balaban J connectivity index is 2.10. The fraction of sp³-hybridized carbons (Fsp3) is 0.933. The Hall–Kier alpha value is -0.850. The maximum absolute atomic E-state index is 11.9. The van der Waals surface area contributed by atoms with E-state index in [1.807, 2.05) is 20.8 Å². The molecule has 1 rings (SSSR count). The zero-order valence-corrected chi connectivity index (χ0v) is 13.6. The fourth-order valence-electron chi connectivity index (χ4n) is 2.09. The van der Waals surface area contributed by atoms with E-state index in [-0.39, 0.29) is 12.2 Å². The number of hydrogen-bond donors (Lipinski definition) is 1. The molecule has 1 heterocycles. The van der Waals surface area contributed by atoms with Gasteiger partial charge in [-0.1, -0.05) is 0 Å². The van der Waals surface area contributed by atoms with Gasteiger partial charge in [-0.05, 0) is 46.6 Å². The predicted octanol–water partition coefficient (Wildman–Crippen LogP) is 1.77. The summed E-state index contributed by atoms with van der Waals surface area (Å²) in [6, 6.07) is 0. The van der Waals surface area contributed by atoms with Gasteiger partial charge in [0.15, 0.2) is 0 Å². The van der Waals surface area contributed by atoms with Crippen molar-refractivity contribution in [1.29, 1.82) is 0 Å². The minimum atomic E-state index is -0.439. The fourth-order valence-corrected chi connectivity index (χ4v) is 2.09. The van der Waals surface area contributed by atoms with Crippen LogP contribution < -0.4 is 5.73 Å². The number of amides is 1. The number of piperidine rings is 1. The summed E-state index contributed by atoms with van der Waals surface area (Å²) in [6.45, 7) is 9.57. The first-order valence-corrected chi connectivity index (χ1v) is 7.79. The summed E-state index contributed by atoms with van der Waals surface area (Å²) < 4.78 is 16.5. The van der Waals surface area contributed by atoms with Crippen molar-refractivity contribution in [3.63, 3.8) is 0 Å². The first-order valence-electron chi connectivity index (χ1n) is 7.79. The largest absolute Gasteiger partial charge is 0.444 e. The van der Waals surface area contributed by atoms with Crippen molar-refractivity contribution >= 4 is 6.09 Å². The molecule has 2 N–H and O–H groups in total. The summed E-state index contributed by atoms with van der Waals surface area (Å²) in [5, 5.41) is 0. The molecule has 0 aromatic heterocycles. The number of likely N-dealkylation sites (tertiary alicyclic amines) is 1. The molecule has 6 nitrogen and oxygen atoms in total. The normalized spacial score (nSPS) is 17.0. The molecule has 1 amide bonds. The van der Waals surface area contributed by atoms with Gasteiger partial charge in [-0.15, -0.1) is 0 Å². The van der Waals surface area contributed by atoms with Crippen molar-refractivity contribution in [2.24, 2.45) is 5.73 Å². The van der Waals surface area contributed by atoms with Gasteiger partial charge in [0, 0.05) is 19.7 Å². The zero-order chi connectivity index (χ0) is 15.7. The topological polar surface area (TPSA) is 74.0 Å². The van der Waals surface area contributed by atoms with Crippen LogP contribution in [-0.2, 0) is 14.2 Å². The van der Waals surface area contributed by atoms with E-state index < -0.39 is 5.60 Å². The van der Waals surface area contributed by atoms with Crippen LogP contribution in [0.1, 0.15) is 40.0 Å². The Morgan fingerprint density at radius 2 is 1.86 bits per heavy atom. The second-order valence-corrected chi connectivity index (χ2v) is 6.29. The summed E-state index contributed by atoms with van der Waals surface area (Å²) in [5.41, 5.74) is 4.94. The molecule has 21 heavy (non-hydrogen) atoms. The molecule has 0 aromatic carbocycles. The first kappa shape index (κ1) is 18.2. The number of carbonyl (C=O) groups excluding carboxylic acids is 1. The van der Waals surface area contributed by atoms with Crippen molar-refractivity contribution in [3.05, 3.63) is 0 Å². The highest BCUT2D eigenvalue weighted by molar-refractivity contribution is 5.68. The van der Waals surface area contributed by atoms with E-state index in [1.54, 1.807) is 4.90 Å². The van der Waals surface area contributed by atoms with E-state index in [0.717, 1.165) is 19.3 Å². The Kier molecular flexibility index (Phi) is 8.00. The van der Waals surface area contributed by atoms with Crippen LogP contribution in [0.15, 0.2) is 0 Å². The molecule has 124 valence electrons. The predicted molar refractivity (Wildman–Crippen MR) is 81.3 cm³/mol. The van der Waals surface area contributed by atoms with Gasteiger partial charge in [-0.2, -0.15) is 0 Å². The van der Waals surface area contributed by atoms with Crippen LogP contribution in [0.4, 0.5) is 4.79 Å². The average molecular weight is 302 g/mol. The van der Waals surface area contributed by atoms with Crippen molar-refractivity contribution in [1.82, 2.24) is 4.90 Å². The van der Waals surface area contributed by atoms with Crippen molar-refractivity contribution in [2.75, 3.05) is 39.5 Å². The number of nitrogens with zero attached hydrogens (tertiary/aromatic N) is 1. The SMILES string of the molecule is CC(C)(C)OC(=O)N1CCC(OCCOCCCN)CC1. The van der Waals surface area contributed by atoms with E-state index in [4.69, 9.17) is 19.9 Å². The summed E-state index contributed by atoms with van der Waals surface area (Å²) in [7, 11) is 0. The first-order chi connectivity index (χ1) is 9.92. The lowest BCUT2D eigenvalue weighted by Gasteiger charge is -2.33. The van der Waals surface area contributed by atoms with Gasteiger partial charge in [0.05, 0.1) is 19.3 Å². The van der Waals surface area contributed by atoms with E-state index in [0.29, 0.717) is 39.5 Å². The lowest BCUT2D eigenvalue weighted by Crippen LogP contribution is -2.43. The number of hydrogen-bond acceptors (Lipinski definition) is 5. The molecule has 0 aliphatic carbocycles. The number of nitrogens with two attached hydrogens (primary N) is 1. The van der Waals surface area contributed by atoms with Gasteiger partial charge in [-0.25, -0.2) is 4.79 Å². The molecule has 0 spiro atoms. The van der Waals surface area contributed by atoms with Crippen molar-refractivity contribution in [3.8, 4) is 0 Å². The number of ether oxygens (including phenoxy) is 3. The summed E-state index contributed by atoms with van der Waals surface area (Å²) in [5.74, 6) is 0. The molecule has 6 heteroatoms. The van der Waals surface area contributed by atoms with Crippen molar-refractivity contribution in [2.45, 2.75) is 51.7 Å². The monoisotopic (exact) mass is 302 g/mol. The van der Waals surface area contributed by atoms with Gasteiger partial charge >= 0.3 is 6.09 Å². The highest BCUT2D eigenvalue weighted by Crippen LogP contribution is 2.17. The van der Waals surface area contributed by atoms with Gasteiger partial charge in [0.25, 0.3) is 0 Å². The van der Waals surface area contributed by atoms with Gasteiger partial charge < -0.3 is 24.8 Å².